The second-order valence-corrected chi connectivity index (χ2v) is 6.09. The molecule has 4 heteroatoms. The molecule has 1 saturated carbocycles. The van der Waals surface area contributed by atoms with E-state index in [0.29, 0.717) is 6.61 Å². The van der Waals surface area contributed by atoms with Crippen molar-refractivity contribution in [1.82, 2.24) is 4.90 Å². The Morgan fingerprint density at radius 2 is 1.94 bits per heavy atom. The summed E-state index contributed by atoms with van der Waals surface area (Å²) in [5.74, 6) is -0.318. The topological polar surface area (TPSA) is 53.3 Å². The first-order chi connectivity index (χ1) is 8.39. The third-order valence-corrected chi connectivity index (χ3v) is 5.38. The Morgan fingerprint density at radius 3 is 2.39 bits per heavy atom. The molecule has 2 aliphatic rings. The minimum atomic E-state index is -0.933. The van der Waals surface area contributed by atoms with Crippen LogP contribution in [0.4, 0.5) is 0 Å². The molecule has 0 bridgehead atoms. The zero-order valence-electron chi connectivity index (χ0n) is 11.7. The summed E-state index contributed by atoms with van der Waals surface area (Å²) in [5.41, 5.74) is -1.40. The standard InChI is InChI=1S/C14H22N2O2/c1-5-18-11(17)14(10-15)12(2,3)13(14)6-8-16(4)9-7-13/h5-9H2,1-4H3. The minimum Gasteiger partial charge on any atom is -0.465 e. The Kier molecular flexibility index (Phi) is 2.94. The second-order valence-electron chi connectivity index (χ2n) is 6.09. The molecule has 0 N–H and O–H groups in total. The molecule has 0 aromatic carbocycles. The van der Waals surface area contributed by atoms with Gasteiger partial charge in [-0.25, -0.2) is 0 Å². The SMILES string of the molecule is CCOC(=O)C1(C#N)C(C)(C)C12CCN(C)CC2. The number of hydrogen-bond donors (Lipinski definition) is 0. The van der Waals surface area contributed by atoms with Crippen molar-refractivity contribution >= 4 is 5.97 Å². The van der Waals surface area contributed by atoms with Crippen molar-refractivity contribution in [2.75, 3.05) is 26.7 Å². The van der Waals surface area contributed by atoms with E-state index in [4.69, 9.17) is 4.74 Å². The Morgan fingerprint density at radius 1 is 1.39 bits per heavy atom. The van der Waals surface area contributed by atoms with E-state index in [1.54, 1.807) is 6.92 Å². The molecule has 100 valence electrons. The molecular formula is C14H22N2O2. The largest absolute Gasteiger partial charge is 0.465 e. The van der Waals surface area contributed by atoms with Gasteiger partial charge in [0.05, 0.1) is 12.7 Å². The maximum atomic E-state index is 12.3. The van der Waals surface area contributed by atoms with E-state index in [2.05, 4.69) is 18.0 Å². The maximum absolute atomic E-state index is 12.3. The van der Waals surface area contributed by atoms with Crippen molar-refractivity contribution < 1.29 is 9.53 Å². The van der Waals surface area contributed by atoms with Crippen molar-refractivity contribution in [3.63, 3.8) is 0 Å². The highest BCUT2D eigenvalue weighted by Gasteiger charge is 2.87. The molecule has 1 aliphatic carbocycles. The average Bonchev–Trinajstić information content (AvgIpc) is 2.74. The van der Waals surface area contributed by atoms with Crippen LogP contribution in [0, 0.1) is 27.6 Å². The number of likely N-dealkylation sites (tertiary alicyclic amines) is 1. The molecule has 4 nitrogen and oxygen atoms in total. The summed E-state index contributed by atoms with van der Waals surface area (Å²) >= 11 is 0. The van der Waals surface area contributed by atoms with E-state index < -0.39 is 5.41 Å². The van der Waals surface area contributed by atoms with Gasteiger partial charge in [-0.1, -0.05) is 13.8 Å². The Balaban J connectivity index is 2.33. The zero-order chi connectivity index (χ0) is 13.6. The molecule has 2 fully saturated rings. The molecule has 1 saturated heterocycles. The Labute approximate surface area is 109 Å². The highest BCUT2D eigenvalue weighted by molar-refractivity contribution is 5.88. The maximum Gasteiger partial charge on any atom is 0.327 e. The second kappa shape index (κ2) is 3.96. The predicted molar refractivity (Wildman–Crippen MR) is 67.6 cm³/mol. The molecule has 1 spiro atoms. The number of hydrogen-bond acceptors (Lipinski definition) is 4. The first-order valence-corrected chi connectivity index (χ1v) is 6.66. The van der Waals surface area contributed by atoms with Crippen LogP contribution in [0.5, 0.6) is 0 Å². The third-order valence-electron chi connectivity index (χ3n) is 5.38. The van der Waals surface area contributed by atoms with Crippen LogP contribution >= 0.6 is 0 Å². The molecule has 1 unspecified atom stereocenters. The van der Waals surface area contributed by atoms with E-state index in [-0.39, 0.29) is 16.8 Å². The fourth-order valence-electron chi connectivity index (χ4n) is 4.04. The lowest BCUT2D eigenvalue weighted by Gasteiger charge is -2.32. The quantitative estimate of drug-likeness (QED) is 0.701. The summed E-state index contributed by atoms with van der Waals surface area (Å²) < 4.78 is 5.18. The first-order valence-electron chi connectivity index (χ1n) is 6.66. The summed E-state index contributed by atoms with van der Waals surface area (Å²) in [6.07, 6.45) is 1.81. The lowest BCUT2D eigenvalue weighted by molar-refractivity contribution is -0.149. The molecule has 18 heavy (non-hydrogen) atoms. The molecule has 1 heterocycles. The first kappa shape index (κ1) is 13.4. The highest BCUT2D eigenvalue weighted by atomic mass is 16.5. The molecule has 0 amide bonds. The summed E-state index contributed by atoms with van der Waals surface area (Å²) in [6.45, 7) is 8.11. The monoisotopic (exact) mass is 250 g/mol. The number of carbonyl (C=O) groups excluding carboxylic acids is 1. The minimum absolute atomic E-state index is 0.187. The fraction of sp³-hybridized carbons (Fsp3) is 0.857. The van der Waals surface area contributed by atoms with Gasteiger partial charge in [0, 0.05) is 10.8 Å². The van der Waals surface area contributed by atoms with Crippen molar-refractivity contribution in [3.8, 4) is 6.07 Å². The number of esters is 1. The normalized spacial score (nSPS) is 32.8. The smallest absolute Gasteiger partial charge is 0.327 e. The van der Waals surface area contributed by atoms with Gasteiger partial charge in [-0.2, -0.15) is 5.26 Å². The van der Waals surface area contributed by atoms with E-state index in [1.807, 2.05) is 13.8 Å². The lowest BCUT2D eigenvalue weighted by atomic mass is 9.83. The van der Waals surface area contributed by atoms with Gasteiger partial charge in [-0.05, 0) is 39.9 Å². The van der Waals surface area contributed by atoms with Crippen LogP contribution in [0.2, 0.25) is 0 Å². The van der Waals surface area contributed by atoms with Gasteiger partial charge in [-0.15, -0.1) is 0 Å². The number of carbonyl (C=O) groups is 1. The van der Waals surface area contributed by atoms with Gasteiger partial charge >= 0.3 is 5.97 Å². The molecule has 0 aromatic heterocycles. The number of rotatable bonds is 2. The highest BCUT2D eigenvalue weighted by Crippen LogP contribution is 2.81. The summed E-state index contributed by atoms with van der Waals surface area (Å²) in [5, 5.41) is 9.61. The van der Waals surface area contributed by atoms with Crippen LogP contribution < -0.4 is 0 Å². The van der Waals surface area contributed by atoms with Crippen molar-refractivity contribution in [3.05, 3.63) is 0 Å². The van der Waals surface area contributed by atoms with Crippen LogP contribution in [0.15, 0.2) is 0 Å². The number of piperidine rings is 1. The van der Waals surface area contributed by atoms with Crippen molar-refractivity contribution in [1.29, 1.82) is 5.26 Å². The van der Waals surface area contributed by atoms with Gasteiger partial charge in [-0.3, -0.25) is 4.79 Å². The summed E-state index contributed by atoms with van der Waals surface area (Å²) in [6, 6.07) is 2.31. The average molecular weight is 250 g/mol. The van der Waals surface area contributed by atoms with Crippen LogP contribution in [-0.4, -0.2) is 37.6 Å². The Hall–Kier alpha value is -1.08. The van der Waals surface area contributed by atoms with Gasteiger partial charge in [0.25, 0.3) is 0 Å². The molecule has 2 rings (SSSR count). The fourth-order valence-corrected chi connectivity index (χ4v) is 4.04. The predicted octanol–water partition coefficient (Wildman–Crippen LogP) is 1.81. The Bertz CT molecular complexity index is 403. The molecule has 0 radical (unpaired) electrons. The van der Waals surface area contributed by atoms with Gasteiger partial charge in [0.1, 0.15) is 0 Å². The number of nitriles is 1. The lowest BCUT2D eigenvalue weighted by Crippen LogP contribution is -2.36. The van der Waals surface area contributed by atoms with E-state index in [9.17, 15) is 10.1 Å². The molecule has 0 aromatic rings. The number of ether oxygens (including phenoxy) is 1. The van der Waals surface area contributed by atoms with Crippen LogP contribution in [-0.2, 0) is 9.53 Å². The van der Waals surface area contributed by atoms with E-state index in [1.165, 1.54) is 0 Å². The van der Waals surface area contributed by atoms with Gasteiger partial charge in [0.15, 0.2) is 5.41 Å². The summed E-state index contributed by atoms with van der Waals surface area (Å²) in [7, 11) is 2.08. The van der Waals surface area contributed by atoms with E-state index >= 15 is 0 Å². The van der Waals surface area contributed by atoms with Gasteiger partial charge in [0.2, 0.25) is 0 Å². The summed E-state index contributed by atoms with van der Waals surface area (Å²) in [4.78, 5) is 14.5. The van der Waals surface area contributed by atoms with Crippen LogP contribution in [0.25, 0.3) is 0 Å². The van der Waals surface area contributed by atoms with Crippen LogP contribution in [0.1, 0.15) is 33.6 Å². The van der Waals surface area contributed by atoms with Gasteiger partial charge < -0.3 is 9.64 Å². The van der Waals surface area contributed by atoms with Crippen molar-refractivity contribution in [2.24, 2.45) is 16.2 Å². The molecule has 1 aliphatic heterocycles. The third kappa shape index (κ3) is 1.26. The number of nitrogens with zero attached hydrogens (tertiary/aromatic N) is 2. The van der Waals surface area contributed by atoms with Crippen molar-refractivity contribution in [2.45, 2.75) is 33.6 Å². The zero-order valence-corrected chi connectivity index (χ0v) is 11.7. The van der Waals surface area contributed by atoms with Crippen LogP contribution in [0.3, 0.4) is 0 Å². The molecule has 1 atom stereocenters. The molecular weight excluding hydrogens is 228 g/mol. The van der Waals surface area contributed by atoms with E-state index in [0.717, 1.165) is 25.9 Å².